The molecule has 2 rings (SSSR count). The van der Waals surface area contributed by atoms with E-state index in [1.165, 1.54) is 6.26 Å². The predicted molar refractivity (Wildman–Crippen MR) is 70.8 cm³/mol. The first kappa shape index (κ1) is 14.2. The lowest BCUT2D eigenvalue weighted by Gasteiger charge is -2.34. The molecule has 0 spiro atoms. The van der Waals surface area contributed by atoms with E-state index in [-0.39, 0.29) is 6.61 Å². The van der Waals surface area contributed by atoms with Crippen molar-refractivity contribution in [3.63, 3.8) is 0 Å². The molecule has 2 heterocycles. The third kappa shape index (κ3) is 3.44. The summed E-state index contributed by atoms with van der Waals surface area (Å²) in [6, 6.07) is 0.290. The Morgan fingerprint density at radius 3 is 2.61 bits per heavy atom. The van der Waals surface area contributed by atoms with Crippen LogP contribution >= 0.6 is 0 Å². The molecule has 1 N–H and O–H groups in total. The number of sulfonamides is 1. The Morgan fingerprint density at radius 1 is 1.22 bits per heavy atom. The van der Waals surface area contributed by atoms with Crippen LogP contribution in [0.1, 0.15) is 25.7 Å². The van der Waals surface area contributed by atoms with Crippen LogP contribution in [0.25, 0.3) is 0 Å². The Morgan fingerprint density at radius 2 is 1.94 bits per heavy atom. The second kappa shape index (κ2) is 5.86. The summed E-state index contributed by atoms with van der Waals surface area (Å²) in [5, 5.41) is 9.30. The molecule has 0 aromatic carbocycles. The Kier molecular flexibility index (Phi) is 4.64. The SMILES string of the molecule is CS(=O)(=O)N1CCCC(CN2CCCC2CO)C1. The highest BCUT2D eigenvalue weighted by atomic mass is 32.2. The van der Waals surface area contributed by atoms with Crippen molar-refractivity contribution in [2.45, 2.75) is 31.7 Å². The molecule has 2 aliphatic rings. The lowest BCUT2D eigenvalue weighted by atomic mass is 9.99. The van der Waals surface area contributed by atoms with Crippen molar-refractivity contribution in [1.29, 1.82) is 0 Å². The van der Waals surface area contributed by atoms with Crippen LogP contribution in [0.5, 0.6) is 0 Å². The number of hydrogen-bond acceptors (Lipinski definition) is 4. The molecule has 0 amide bonds. The van der Waals surface area contributed by atoms with Crippen molar-refractivity contribution in [3.05, 3.63) is 0 Å². The van der Waals surface area contributed by atoms with Gasteiger partial charge in [0, 0.05) is 25.7 Å². The summed E-state index contributed by atoms with van der Waals surface area (Å²) >= 11 is 0. The second-order valence-electron chi connectivity index (χ2n) is 5.60. The van der Waals surface area contributed by atoms with Crippen molar-refractivity contribution in [1.82, 2.24) is 9.21 Å². The minimum atomic E-state index is -3.05. The summed E-state index contributed by atoms with van der Waals surface area (Å²) in [4.78, 5) is 2.33. The minimum absolute atomic E-state index is 0.225. The van der Waals surface area contributed by atoms with Gasteiger partial charge in [-0.15, -0.1) is 0 Å². The van der Waals surface area contributed by atoms with Crippen LogP contribution < -0.4 is 0 Å². The fourth-order valence-corrected chi connectivity index (χ4v) is 4.09. The van der Waals surface area contributed by atoms with Crippen LogP contribution in [-0.2, 0) is 10.0 Å². The van der Waals surface area contributed by atoms with E-state index in [0.29, 0.717) is 25.0 Å². The van der Waals surface area contributed by atoms with Crippen LogP contribution in [0, 0.1) is 5.92 Å². The Hall–Kier alpha value is -0.170. The van der Waals surface area contributed by atoms with Gasteiger partial charge >= 0.3 is 0 Å². The number of likely N-dealkylation sites (tertiary alicyclic amines) is 1. The lowest BCUT2D eigenvalue weighted by molar-refractivity contribution is 0.124. The highest BCUT2D eigenvalue weighted by Crippen LogP contribution is 2.24. The van der Waals surface area contributed by atoms with Gasteiger partial charge in [0.1, 0.15) is 0 Å². The number of aliphatic hydroxyl groups excluding tert-OH is 1. The first-order chi connectivity index (χ1) is 8.50. The van der Waals surface area contributed by atoms with Crippen molar-refractivity contribution in [2.24, 2.45) is 5.92 Å². The normalized spacial score (nSPS) is 31.9. The Labute approximate surface area is 110 Å². The van der Waals surface area contributed by atoms with Gasteiger partial charge in [-0.1, -0.05) is 0 Å². The molecule has 2 aliphatic heterocycles. The zero-order valence-electron chi connectivity index (χ0n) is 11.1. The Balaban J connectivity index is 1.90. The molecule has 5 nitrogen and oxygen atoms in total. The van der Waals surface area contributed by atoms with Gasteiger partial charge in [0.2, 0.25) is 10.0 Å². The average Bonchev–Trinajstić information content (AvgIpc) is 2.75. The summed E-state index contributed by atoms with van der Waals surface area (Å²) in [6.45, 7) is 3.51. The third-order valence-electron chi connectivity index (χ3n) is 4.15. The maximum Gasteiger partial charge on any atom is 0.211 e. The molecule has 0 radical (unpaired) electrons. The van der Waals surface area contributed by atoms with Crippen LogP contribution in [-0.4, -0.2) is 67.8 Å². The van der Waals surface area contributed by atoms with Gasteiger partial charge < -0.3 is 5.11 Å². The summed E-state index contributed by atoms with van der Waals surface area (Å²) in [6.07, 6.45) is 5.56. The summed E-state index contributed by atoms with van der Waals surface area (Å²) in [5.74, 6) is 0.417. The van der Waals surface area contributed by atoms with E-state index >= 15 is 0 Å². The summed E-state index contributed by atoms with van der Waals surface area (Å²) in [5.41, 5.74) is 0. The quantitative estimate of drug-likeness (QED) is 0.792. The molecule has 0 aliphatic carbocycles. The molecule has 2 fully saturated rings. The molecule has 2 unspecified atom stereocenters. The van der Waals surface area contributed by atoms with Gasteiger partial charge in [0.15, 0.2) is 0 Å². The number of aliphatic hydroxyl groups is 1. The zero-order valence-corrected chi connectivity index (χ0v) is 11.9. The predicted octanol–water partition coefficient (Wildman–Crippen LogP) is 0.115. The first-order valence-corrected chi connectivity index (χ1v) is 8.65. The second-order valence-corrected chi connectivity index (χ2v) is 7.59. The van der Waals surface area contributed by atoms with Crippen molar-refractivity contribution in [2.75, 3.05) is 39.0 Å². The fourth-order valence-electron chi connectivity index (χ4n) is 3.15. The molecule has 0 aromatic rings. The zero-order chi connectivity index (χ0) is 13.2. The van der Waals surface area contributed by atoms with E-state index < -0.39 is 10.0 Å². The highest BCUT2D eigenvalue weighted by Gasteiger charge is 2.30. The van der Waals surface area contributed by atoms with Crippen LogP contribution in [0.15, 0.2) is 0 Å². The van der Waals surface area contributed by atoms with Crippen molar-refractivity contribution < 1.29 is 13.5 Å². The van der Waals surface area contributed by atoms with E-state index in [1.54, 1.807) is 4.31 Å². The number of hydrogen-bond donors (Lipinski definition) is 1. The highest BCUT2D eigenvalue weighted by molar-refractivity contribution is 7.88. The molecule has 2 saturated heterocycles. The first-order valence-electron chi connectivity index (χ1n) is 6.80. The molecule has 0 aromatic heterocycles. The molecule has 0 saturated carbocycles. The van der Waals surface area contributed by atoms with Crippen LogP contribution in [0.4, 0.5) is 0 Å². The van der Waals surface area contributed by atoms with Gasteiger partial charge in [-0.25, -0.2) is 12.7 Å². The van der Waals surface area contributed by atoms with Gasteiger partial charge in [-0.3, -0.25) is 4.90 Å². The van der Waals surface area contributed by atoms with Gasteiger partial charge in [-0.2, -0.15) is 0 Å². The summed E-state index contributed by atoms with van der Waals surface area (Å²) in [7, 11) is -3.05. The molecular weight excluding hydrogens is 252 g/mol. The summed E-state index contributed by atoms with van der Waals surface area (Å²) < 4.78 is 24.7. The van der Waals surface area contributed by atoms with Crippen molar-refractivity contribution >= 4 is 10.0 Å². The number of nitrogens with zero attached hydrogens (tertiary/aromatic N) is 2. The lowest BCUT2D eigenvalue weighted by Crippen LogP contribution is -2.44. The third-order valence-corrected chi connectivity index (χ3v) is 5.42. The largest absolute Gasteiger partial charge is 0.395 e. The molecular formula is C12H24N2O3S. The molecule has 106 valence electrons. The van der Waals surface area contributed by atoms with Gasteiger partial charge in [-0.05, 0) is 38.1 Å². The monoisotopic (exact) mass is 276 g/mol. The van der Waals surface area contributed by atoms with E-state index in [9.17, 15) is 13.5 Å². The standard InChI is InChI=1S/C12H24N2O3S/c1-18(16,17)14-7-2-4-11(9-14)8-13-6-3-5-12(13)10-15/h11-12,15H,2-10H2,1H3. The number of rotatable bonds is 4. The number of piperidine rings is 1. The fraction of sp³-hybridized carbons (Fsp3) is 1.00. The topological polar surface area (TPSA) is 60.9 Å². The van der Waals surface area contributed by atoms with E-state index in [4.69, 9.17) is 0 Å². The molecule has 0 bridgehead atoms. The van der Waals surface area contributed by atoms with Gasteiger partial charge in [0.25, 0.3) is 0 Å². The minimum Gasteiger partial charge on any atom is -0.395 e. The van der Waals surface area contributed by atoms with Crippen molar-refractivity contribution in [3.8, 4) is 0 Å². The van der Waals surface area contributed by atoms with Crippen LogP contribution in [0.2, 0.25) is 0 Å². The van der Waals surface area contributed by atoms with Crippen LogP contribution in [0.3, 0.4) is 0 Å². The molecule has 6 heteroatoms. The smallest absolute Gasteiger partial charge is 0.211 e. The Bertz CT molecular complexity index is 372. The van der Waals surface area contributed by atoms with Gasteiger partial charge in [0.05, 0.1) is 12.9 Å². The van der Waals surface area contributed by atoms with E-state index in [2.05, 4.69) is 4.90 Å². The maximum absolute atomic E-state index is 11.6. The van der Waals surface area contributed by atoms with E-state index in [0.717, 1.165) is 38.8 Å². The van der Waals surface area contributed by atoms with E-state index in [1.807, 2.05) is 0 Å². The average molecular weight is 276 g/mol. The maximum atomic E-state index is 11.6. The molecule has 2 atom stereocenters. The molecule has 18 heavy (non-hydrogen) atoms.